The molecule has 0 unspecified atom stereocenters. The molecule has 3 nitrogen and oxygen atoms in total. The van der Waals surface area contributed by atoms with Gasteiger partial charge in [-0.15, -0.1) is 11.3 Å². The molecule has 0 aliphatic carbocycles. The average Bonchev–Trinajstić information content (AvgIpc) is 2.89. The number of aryl methyl sites for hydroxylation is 1. The van der Waals surface area contributed by atoms with E-state index in [9.17, 15) is 4.79 Å². The molecule has 100 valence electrons. The van der Waals surface area contributed by atoms with Crippen LogP contribution in [0.3, 0.4) is 0 Å². The van der Waals surface area contributed by atoms with Gasteiger partial charge in [0.05, 0.1) is 11.6 Å². The number of carbonyl (C=O) groups excluding carboxylic acids is 1. The van der Waals surface area contributed by atoms with Gasteiger partial charge in [0.1, 0.15) is 6.61 Å². The van der Waals surface area contributed by atoms with Crippen LogP contribution in [0.1, 0.15) is 20.9 Å². The Labute approximate surface area is 121 Å². The minimum absolute atomic E-state index is 0.108. The van der Waals surface area contributed by atoms with Crippen LogP contribution in [0.4, 0.5) is 0 Å². The Hall–Kier alpha value is -2.38. The van der Waals surface area contributed by atoms with E-state index < -0.39 is 5.97 Å². The molecule has 0 amide bonds. The molecule has 0 N–H and O–H groups in total. The molecular weight excluding hydrogens is 270 g/mol. The second kappa shape index (κ2) is 6.69. The summed E-state index contributed by atoms with van der Waals surface area (Å²) in [5.41, 5.74) is 1.24. The first-order chi connectivity index (χ1) is 9.69. The van der Waals surface area contributed by atoms with E-state index in [4.69, 9.17) is 10.00 Å². The molecule has 1 aromatic carbocycles. The van der Waals surface area contributed by atoms with Crippen molar-refractivity contribution in [2.75, 3.05) is 0 Å². The van der Waals surface area contributed by atoms with E-state index in [0.717, 1.165) is 4.88 Å². The fourth-order valence-electron chi connectivity index (χ4n) is 1.65. The van der Waals surface area contributed by atoms with Crippen molar-refractivity contribution in [3.63, 3.8) is 0 Å². The van der Waals surface area contributed by atoms with Crippen LogP contribution in [0.5, 0.6) is 0 Å². The summed E-state index contributed by atoms with van der Waals surface area (Å²) in [5, 5.41) is 8.93. The van der Waals surface area contributed by atoms with Crippen molar-refractivity contribution in [1.29, 1.82) is 5.26 Å². The van der Waals surface area contributed by atoms with Crippen molar-refractivity contribution in [3.8, 4) is 6.07 Å². The normalized spacial score (nSPS) is 10.4. The summed E-state index contributed by atoms with van der Waals surface area (Å²) in [5.74, 6) is -0.413. The van der Waals surface area contributed by atoms with Gasteiger partial charge in [-0.3, -0.25) is 0 Å². The zero-order chi connectivity index (χ0) is 14.4. The van der Waals surface area contributed by atoms with E-state index in [1.165, 1.54) is 11.0 Å². The van der Waals surface area contributed by atoms with Gasteiger partial charge in [0.2, 0.25) is 0 Å². The Kier molecular flexibility index (Phi) is 4.70. The summed E-state index contributed by atoms with van der Waals surface area (Å²) in [6.07, 6.45) is 3.14. The maximum Gasteiger partial charge on any atom is 0.331 e. The maximum atomic E-state index is 11.6. The maximum absolute atomic E-state index is 11.6. The quantitative estimate of drug-likeness (QED) is 0.635. The molecule has 0 saturated heterocycles. The summed E-state index contributed by atoms with van der Waals surface area (Å²) in [6, 6.07) is 13.1. The number of carbonyl (C=O) groups is 1. The molecule has 0 fully saturated rings. The minimum atomic E-state index is -0.413. The molecule has 0 atom stereocenters. The van der Waals surface area contributed by atoms with Crippen molar-refractivity contribution in [2.24, 2.45) is 0 Å². The molecule has 20 heavy (non-hydrogen) atoms. The molecule has 2 rings (SSSR count). The number of thiophene rings is 1. The first-order valence-corrected chi connectivity index (χ1v) is 6.90. The standard InChI is InChI=1S/C16H13NO2S/c1-12-6-7-15(20-12)8-9-16(18)19-11-14-5-3-2-4-13(14)10-17/h2-9H,11H2,1H3/b9-8+. The van der Waals surface area contributed by atoms with Crippen LogP contribution >= 0.6 is 11.3 Å². The van der Waals surface area contributed by atoms with Gasteiger partial charge in [-0.2, -0.15) is 5.26 Å². The predicted octanol–water partition coefficient (Wildman–Crippen LogP) is 3.68. The number of ether oxygens (including phenoxy) is 1. The number of hydrogen-bond acceptors (Lipinski definition) is 4. The number of nitriles is 1. The highest BCUT2D eigenvalue weighted by Crippen LogP contribution is 2.16. The van der Waals surface area contributed by atoms with Gasteiger partial charge in [0.25, 0.3) is 0 Å². The van der Waals surface area contributed by atoms with Gasteiger partial charge in [-0.1, -0.05) is 18.2 Å². The third-order valence-electron chi connectivity index (χ3n) is 2.65. The molecule has 4 heteroatoms. The van der Waals surface area contributed by atoms with E-state index in [1.54, 1.807) is 35.6 Å². The average molecular weight is 283 g/mol. The number of nitrogens with zero attached hydrogens (tertiary/aromatic N) is 1. The van der Waals surface area contributed by atoms with Crippen LogP contribution in [-0.2, 0) is 16.1 Å². The molecule has 0 saturated carbocycles. The molecule has 1 aromatic heterocycles. The van der Waals surface area contributed by atoms with E-state index in [2.05, 4.69) is 6.07 Å². The van der Waals surface area contributed by atoms with Crippen molar-refractivity contribution in [1.82, 2.24) is 0 Å². The monoisotopic (exact) mass is 283 g/mol. The van der Waals surface area contributed by atoms with Gasteiger partial charge in [-0.25, -0.2) is 4.79 Å². The predicted molar refractivity (Wildman–Crippen MR) is 79.0 cm³/mol. The topological polar surface area (TPSA) is 50.1 Å². The minimum Gasteiger partial charge on any atom is -0.458 e. The molecule has 0 radical (unpaired) electrons. The van der Waals surface area contributed by atoms with Crippen LogP contribution in [0, 0.1) is 18.3 Å². The van der Waals surface area contributed by atoms with Gasteiger partial charge >= 0.3 is 5.97 Å². The Morgan fingerprint density at radius 1 is 1.35 bits per heavy atom. The van der Waals surface area contributed by atoms with Gasteiger partial charge in [0, 0.05) is 21.4 Å². The summed E-state index contributed by atoms with van der Waals surface area (Å²) in [4.78, 5) is 13.8. The second-order valence-electron chi connectivity index (χ2n) is 4.16. The number of benzene rings is 1. The van der Waals surface area contributed by atoms with Crippen LogP contribution < -0.4 is 0 Å². The van der Waals surface area contributed by atoms with Crippen molar-refractivity contribution < 1.29 is 9.53 Å². The summed E-state index contributed by atoms with van der Waals surface area (Å²) >= 11 is 1.61. The smallest absolute Gasteiger partial charge is 0.331 e. The molecular formula is C16H13NO2S. The van der Waals surface area contributed by atoms with Crippen molar-refractivity contribution in [3.05, 3.63) is 63.4 Å². The summed E-state index contributed by atoms with van der Waals surface area (Å²) < 4.78 is 5.13. The van der Waals surface area contributed by atoms with Gasteiger partial charge < -0.3 is 4.74 Å². The van der Waals surface area contributed by atoms with Crippen molar-refractivity contribution >= 4 is 23.4 Å². The van der Waals surface area contributed by atoms with E-state index in [-0.39, 0.29) is 6.61 Å². The third kappa shape index (κ3) is 3.81. The first kappa shape index (κ1) is 14.0. The Balaban J connectivity index is 1.92. The fraction of sp³-hybridized carbons (Fsp3) is 0.125. The number of hydrogen-bond donors (Lipinski definition) is 0. The molecule has 0 spiro atoms. The zero-order valence-corrected chi connectivity index (χ0v) is 11.8. The van der Waals surface area contributed by atoms with Crippen LogP contribution in [-0.4, -0.2) is 5.97 Å². The highest BCUT2D eigenvalue weighted by Gasteiger charge is 2.03. The van der Waals surface area contributed by atoms with Crippen molar-refractivity contribution in [2.45, 2.75) is 13.5 Å². The first-order valence-electron chi connectivity index (χ1n) is 6.08. The fourth-order valence-corrected chi connectivity index (χ4v) is 2.43. The lowest BCUT2D eigenvalue weighted by Gasteiger charge is -2.03. The van der Waals surface area contributed by atoms with Crippen LogP contribution in [0.2, 0.25) is 0 Å². The summed E-state index contributed by atoms with van der Waals surface area (Å²) in [6.45, 7) is 2.12. The largest absolute Gasteiger partial charge is 0.458 e. The molecule has 0 aliphatic heterocycles. The van der Waals surface area contributed by atoms with Crippen LogP contribution in [0.25, 0.3) is 6.08 Å². The third-order valence-corrected chi connectivity index (χ3v) is 3.62. The SMILES string of the molecule is Cc1ccc(/C=C/C(=O)OCc2ccccc2C#N)s1. The molecule has 2 aromatic rings. The van der Waals surface area contributed by atoms with Gasteiger partial charge in [-0.05, 0) is 31.2 Å². The highest BCUT2D eigenvalue weighted by atomic mass is 32.1. The lowest BCUT2D eigenvalue weighted by atomic mass is 10.1. The molecule has 0 bridgehead atoms. The Bertz CT molecular complexity index is 680. The zero-order valence-electron chi connectivity index (χ0n) is 11.0. The Morgan fingerprint density at radius 3 is 2.85 bits per heavy atom. The highest BCUT2D eigenvalue weighted by molar-refractivity contribution is 7.12. The van der Waals surface area contributed by atoms with E-state index in [1.807, 2.05) is 25.1 Å². The van der Waals surface area contributed by atoms with Crippen LogP contribution in [0.15, 0.2) is 42.5 Å². The number of rotatable bonds is 4. The lowest BCUT2D eigenvalue weighted by molar-refractivity contribution is -0.138. The number of esters is 1. The molecule has 0 aliphatic rings. The van der Waals surface area contributed by atoms with E-state index in [0.29, 0.717) is 11.1 Å². The van der Waals surface area contributed by atoms with Gasteiger partial charge in [0.15, 0.2) is 0 Å². The second-order valence-corrected chi connectivity index (χ2v) is 5.48. The lowest BCUT2D eigenvalue weighted by Crippen LogP contribution is -2.02. The molecule has 1 heterocycles. The Morgan fingerprint density at radius 2 is 2.15 bits per heavy atom. The summed E-state index contributed by atoms with van der Waals surface area (Å²) in [7, 11) is 0. The van der Waals surface area contributed by atoms with E-state index >= 15 is 0 Å².